The summed E-state index contributed by atoms with van der Waals surface area (Å²) in [6.07, 6.45) is 1.53. The van der Waals surface area contributed by atoms with E-state index in [-0.39, 0.29) is 12.1 Å². The zero-order chi connectivity index (χ0) is 16.8. The number of aryl methyl sites for hydroxylation is 1. The molecule has 3 heterocycles. The van der Waals surface area contributed by atoms with E-state index in [1.807, 2.05) is 40.8 Å². The summed E-state index contributed by atoms with van der Waals surface area (Å²) < 4.78 is 11.8. The van der Waals surface area contributed by atoms with E-state index in [9.17, 15) is 4.79 Å². The van der Waals surface area contributed by atoms with E-state index in [0.717, 1.165) is 22.4 Å². The van der Waals surface area contributed by atoms with Crippen LogP contribution in [-0.2, 0) is 11.3 Å². The van der Waals surface area contributed by atoms with Gasteiger partial charge in [-0.1, -0.05) is 0 Å². The molecule has 0 fully saturated rings. The standard InChI is InChI=1S/C15H21N5O2S/c1-9-11-8-16-12(13-17-10(2)18-23-13)20(11)7-6-19(9)14(21)22-15(3,4)5/h8-9H,6-7H2,1-5H3. The Morgan fingerprint density at radius 3 is 2.74 bits per heavy atom. The molecule has 1 atom stereocenters. The molecule has 0 spiro atoms. The van der Waals surface area contributed by atoms with E-state index in [4.69, 9.17) is 4.74 Å². The molecule has 2 aromatic rings. The van der Waals surface area contributed by atoms with Gasteiger partial charge < -0.3 is 9.30 Å². The van der Waals surface area contributed by atoms with Crippen LogP contribution in [0.1, 0.15) is 45.3 Å². The van der Waals surface area contributed by atoms with Gasteiger partial charge in [0.1, 0.15) is 11.4 Å². The smallest absolute Gasteiger partial charge is 0.410 e. The average molecular weight is 335 g/mol. The average Bonchev–Trinajstić information content (AvgIpc) is 3.03. The second-order valence-electron chi connectivity index (χ2n) is 6.65. The Labute approximate surface area is 139 Å². The third kappa shape index (κ3) is 3.08. The van der Waals surface area contributed by atoms with Gasteiger partial charge in [-0.05, 0) is 46.2 Å². The van der Waals surface area contributed by atoms with Crippen molar-refractivity contribution in [3.8, 4) is 10.8 Å². The first-order valence-corrected chi connectivity index (χ1v) is 8.39. The molecule has 23 heavy (non-hydrogen) atoms. The number of aromatic nitrogens is 4. The fourth-order valence-electron chi connectivity index (χ4n) is 2.65. The van der Waals surface area contributed by atoms with Crippen molar-refractivity contribution < 1.29 is 9.53 Å². The van der Waals surface area contributed by atoms with Crippen molar-refractivity contribution in [3.05, 3.63) is 17.7 Å². The van der Waals surface area contributed by atoms with Crippen molar-refractivity contribution in [2.24, 2.45) is 0 Å². The molecular formula is C15H21N5O2S. The lowest BCUT2D eigenvalue weighted by atomic mass is 10.1. The van der Waals surface area contributed by atoms with Gasteiger partial charge in [0.05, 0.1) is 17.9 Å². The molecule has 0 aliphatic carbocycles. The van der Waals surface area contributed by atoms with E-state index in [1.165, 1.54) is 11.5 Å². The molecule has 1 amide bonds. The van der Waals surface area contributed by atoms with Gasteiger partial charge in [0.15, 0.2) is 10.8 Å². The van der Waals surface area contributed by atoms with Crippen LogP contribution in [0.4, 0.5) is 4.79 Å². The maximum atomic E-state index is 12.4. The van der Waals surface area contributed by atoms with Crippen molar-refractivity contribution >= 4 is 17.6 Å². The molecule has 0 aromatic carbocycles. The van der Waals surface area contributed by atoms with E-state index in [0.29, 0.717) is 13.1 Å². The number of nitrogens with zero attached hydrogens (tertiary/aromatic N) is 5. The van der Waals surface area contributed by atoms with Crippen LogP contribution in [0.25, 0.3) is 10.8 Å². The van der Waals surface area contributed by atoms with Crippen molar-refractivity contribution in [3.63, 3.8) is 0 Å². The second-order valence-corrected chi connectivity index (χ2v) is 7.41. The topological polar surface area (TPSA) is 73.1 Å². The molecule has 3 rings (SSSR count). The predicted octanol–water partition coefficient (Wildman–Crippen LogP) is 3.02. The molecular weight excluding hydrogens is 314 g/mol. The molecule has 1 aliphatic rings. The minimum absolute atomic E-state index is 0.0890. The number of imidazole rings is 1. The van der Waals surface area contributed by atoms with Crippen molar-refractivity contribution in [2.45, 2.75) is 52.8 Å². The molecule has 7 nitrogen and oxygen atoms in total. The minimum Gasteiger partial charge on any atom is -0.444 e. The number of amides is 1. The molecule has 0 bridgehead atoms. The summed E-state index contributed by atoms with van der Waals surface area (Å²) in [5.74, 6) is 1.57. The quantitative estimate of drug-likeness (QED) is 0.801. The van der Waals surface area contributed by atoms with E-state index < -0.39 is 5.60 Å². The first-order valence-electron chi connectivity index (χ1n) is 7.62. The zero-order valence-corrected chi connectivity index (χ0v) is 14.8. The highest BCUT2D eigenvalue weighted by Gasteiger charge is 2.33. The van der Waals surface area contributed by atoms with Crippen LogP contribution in [-0.4, -0.2) is 42.0 Å². The molecule has 124 valence electrons. The van der Waals surface area contributed by atoms with Gasteiger partial charge in [-0.15, -0.1) is 0 Å². The Bertz CT molecular complexity index is 731. The van der Waals surface area contributed by atoms with Crippen LogP contribution in [0.5, 0.6) is 0 Å². The largest absolute Gasteiger partial charge is 0.444 e. The lowest BCUT2D eigenvalue weighted by Crippen LogP contribution is -2.43. The fraction of sp³-hybridized carbons (Fsp3) is 0.600. The Morgan fingerprint density at radius 2 is 2.13 bits per heavy atom. The Balaban J connectivity index is 1.86. The number of hydrogen-bond donors (Lipinski definition) is 0. The highest BCUT2D eigenvalue weighted by Crippen LogP contribution is 2.31. The Morgan fingerprint density at radius 1 is 1.39 bits per heavy atom. The molecule has 8 heteroatoms. The molecule has 0 radical (unpaired) electrons. The maximum absolute atomic E-state index is 12.4. The van der Waals surface area contributed by atoms with Crippen LogP contribution >= 0.6 is 11.5 Å². The number of ether oxygens (including phenoxy) is 1. The Kier molecular flexibility index (Phi) is 3.87. The van der Waals surface area contributed by atoms with Crippen LogP contribution < -0.4 is 0 Å². The Hall–Kier alpha value is -1.96. The van der Waals surface area contributed by atoms with Gasteiger partial charge in [-0.25, -0.2) is 14.8 Å². The summed E-state index contributed by atoms with van der Waals surface area (Å²) in [5.41, 5.74) is 0.494. The number of fused-ring (bicyclic) bond motifs is 1. The highest BCUT2D eigenvalue weighted by molar-refractivity contribution is 7.09. The highest BCUT2D eigenvalue weighted by atomic mass is 32.1. The van der Waals surface area contributed by atoms with E-state index in [1.54, 1.807) is 4.90 Å². The predicted molar refractivity (Wildman–Crippen MR) is 87.2 cm³/mol. The SMILES string of the molecule is Cc1nsc(-c2ncc3n2CCN(C(=O)OC(C)(C)C)C3C)n1. The number of rotatable bonds is 1. The van der Waals surface area contributed by atoms with Gasteiger partial charge in [0.25, 0.3) is 0 Å². The van der Waals surface area contributed by atoms with Gasteiger partial charge >= 0.3 is 6.09 Å². The van der Waals surface area contributed by atoms with Gasteiger partial charge in [-0.3, -0.25) is 4.90 Å². The summed E-state index contributed by atoms with van der Waals surface area (Å²) in [5, 5.41) is 0.812. The van der Waals surface area contributed by atoms with Crippen LogP contribution in [0.15, 0.2) is 6.20 Å². The molecule has 0 saturated heterocycles. The maximum Gasteiger partial charge on any atom is 0.410 e. The van der Waals surface area contributed by atoms with Crippen molar-refractivity contribution in [1.29, 1.82) is 0 Å². The normalized spacial score (nSPS) is 18.0. The zero-order valence-electron chi connectivity index (χ0n) is 14.0. The summed E-state index contributed by atoms with van der Waals surface area (Å²) in [7, 11) is 0. The second kappa shape index (κ2) is 5.59. The van der Waals surface area contributed by atoms with E-state index >= 15 is 0 Å². The minimum atomic E-state index is -0.496. The first-order chi connectivity index (χ1) is 10.8. The summed E-state index contributed by atoms with van der Waals surface area (Å²) >= 11 is 1.35. The number of carbonyl (C=O) groups is 1. The summed E-state index contributed by atoms with van der Waals surface area (Å²) in [6, 6.07) is -0.0890. The van der Waals surface area contributed by atoms with Crippen LogP contribution in [0, 0.1) is 6.92 Å². The fourth-order valence-corrected chi connectivity index (χ4v) is 3.32. The lowest BCUT2D eigenvalue weighted by Gasteiger charge is -2.35. The lowest BCUT2D eigenvalue weighted by molar-refractivity contribution is 0.0127. The molecule has 2 aromatic heterocycles. The summed E-state index contributed by atoms with van der Waals surface area (Å²) in [4.78, 5) is 23.0. The monoisotopic (exact) mass is 335 g/mol. The third-order valence-corrected chi connectivity index (χ3v) is 4.50. The van der Waals surface area contributed by atoms with Crippen LogP contribution in [0.3, 0.4) is 0 Å². The first kappa shape index (κ1) is 15.9. The molecule has 0 saturated carbocycles. The molecule has 0 N–H and O–H groups in total. The van der Waals surface area contributed by atoms with Crippen molar-refractivity contribution in [2.75, 3.05) is 6.54 Å². The molecule has 1 aliphatic heterocycles. The van der Waals surface area contributed by atoms with Crippen molar-refractivity contribution in [1.82, 2.24) is 23.8 Å². The number of hydrogen-bond acceptors (Lipinski definition) is 6. The summed E-state index contributed by atoms with van der Waals surface area (Å²) in [6.45, 7) is 10.7. The third-order valence-electron chi connectivity index (χ3n) is 3.69. The van der Waals surface area contributed by atoms with Gasteiger partial charge in [0.2, 0.25) is 0 Å². The van der Waals surface area contributed by atoms with Crippen LogP contribution in [0.2, 0.25) is 0 Å². The van der Waals surface area contributed by atoms with E-state index in [2.05, 4.69) is 18.9 Å². The molecule has 1 unspecified atom stereocenters. The van der Waals surface area contributed by atoms with Gasteiger partial charge in [0, 0.05) is 13.1 Å². The van der Waals surface area contributed by atoms with Gasteiger partial charge in [-0.2, -0.15) is 4.37 Å². The number of carbonyl (C=O) groups excluding carboxylic acids is 1.